The number of hydrogen-bond acceptors (Lipinski definition) is 2. The average molecular weight is 169 g/mol. The van der Waals surface area contributed by atoms with Crippen LogP contribution in [0, 0.1) is 5.92 Å². The summed E-state index contributed by atoms with van der Waals surface area (Å²) in [5.41, 5.74) is 0. The van der Waals surface area contributed by atoms with E-state index in [0.29, 0.717) is 13.0 Å². The van der Waals surface area contributed by atoms with Crippen LogP contribution >= 0.6 is 0 Å². The van der Waals surface area contributed by atoms with Crippen LogP contribution in [0.15, 0.2) is 0 Å². The van der Waals surface area contributed by atoms with Crippen molar-refractivity contribution in [3.05, 3.63) is 0 Å². The van der Waals surface area contributed by atoms with Crippen molar-refractivity contribution in [2.45, 2.75) is 18.7 Å². The average Bonchev–Trinajstić information content (AvgIpc) is 2.34. The highest BCUT2D eigenvalue weighted by Crippen LogP contribution is 2.28. The fraction of sp³-hybridized carbons (Fsp3) is 1.00. The zero-order chi connectivity index (χ0) is 8.48. The van der Waals surface area contributed by atoms with Gasteiger partial charge in [0.15, 0.2) is 6.10 Å². The van der Waals surface area contributed by atoms with E-state index in [9.17, 15) is 13.2 Å². The predicted octanol–water partition coefficient (Wildman–Crippen LogP) is 0.519. The number of rotatable bonds is 1. The van der Waals surface area contributed by atoms with Crippen LogP contribution in [-0.4, -0.2) is 30.5 Å². The van der Waals surface area contributed by atoms with E-state index in [0.717, 1.165) is 0 Å². The summed E-state index contributed by atoms with van der Waals surface area (Å²) in [6.07, 6.45) is -6.21. The van der Waals surface area contributed by atoms with Crippen molar-refractivity contribution in [2.24, 2.45) is 5.92 Å². The third-order valence-electron chi connectivity index (χ3n) is 1.88. The Morgan fingerprint density at radius 1 is 1.45 bits per heavy atom. The van der Waals surface area contributed by atoms with Gasteiger partial charge in [0.25, 0.3) is 0 Å². The summed E-state index contributed by atoms with van der Waals surface area (Å²) >= 11 is 0. The molecule has 0 aromatic carbocycles. The molecule has 11 heavy (non-hydrogen) atoms. The number of nitrogens with one attached hydrogen (secondary N) is 1. The van der Waals surface area contributed by atoms with E-state index in [-0.39, 0.29) is 6.54 Å². The fourth-order valence-corrected chi connectivity index (χ4v) is 1.21. The summed E-state index contributed by atoms with van der Waals surface area (Å²) in [5, 5.41) is 11.5. The molecule has 1 rings (SSSR count). The summed E-state index contributed by atoms with van der Waals surface area (Å²) in [6, 6.07) is 0. The first kappa shape index (κ1) is 8.80. The Balaban J connectivity index is 2.46. The van der Waals surface area contributed by atoms with Crippen LogP contribution < -0.4 is 5.32 Å². The molecule has 0 aromatic heterocycles. The minimum Gasteiger partial charge on any atom is -0.383 e. The SMILES string of the molecule is OC(C1CCNC1)C(F)(F)F. The molecule has 0 amide bonds. The topological polar surface area (TPSA) is 32.3 Å². The lowest BCUT2D eigenvalue weighted by molar-refractivity contribution is -0.217. The largest absolute Gasteiger partial charge is 0.414 e. The summed E-state index contributed by atoms with van der Waals surface area (Å²) in [5.74, 6) is -0.657. The minimum atomic E-state index is -4.46. The summed E-state index contributed by atoms with van der Waals surface area (Å²) < 4.78 is 35.5. The van der Waals surface area contributed by atoms with Gasteiger partial charge in [-0.05, 0) is 13.0 Å². The van der Waals surface area contributed by atoms with Gasteiger partial charge in [0, 0.05) is 12.5 Å². The Morgan fingerprint density at radius 3 is 2.45 bits per heavy atom. The molecule has 0 spiro atoms. The molecule has 0 aliphatic carbocycles. The molecule has 0 saturated carbocycles. The van der Waals surface area contributed by atoms with Gasteiger partial charge in [-0.1, -0.05) is 0 Å². The lowest BCUT2D eigenvalue weighted by Gasteiger charge is -2.19. The molecule has 2 atom stereocenters. The summed E-state index contributed by atoms with van der Waals surface area (Å²) in [7, 11) is 0. The molecule has 2 nitrogen and oxygen atoms in total. The van der Waals surface area contributed by atoms with E-state index in [2.05, 4.69) is 5.32 Å². The van der Waals surface area contributed by atoms with Crippen LogP contribution in [0.4, 0.5) is 13.2 Å². The number of alkyl halides is 3. The number of aliphatic hydroxyl groups is 1. The van der Waals surface area contributed by atoms with E-state index in [1.165, 1.54) is 0 Å². The van der Waals surface area contributed by atoms with Gasteiger partial charge in [-0.3, -0.25) is 0 Å². The minimum absolute atomic E-state index is 0.265. The Labute approximate surface area is 62.4 Å². The molecule has 1 aliphatic rings. The number of halogens is 3. The van der Waals surface area contributed by atoms with Crippen molar-refractivity contribution in [3.63, 3.8) is 0 Å². The van der Waals surface area contributed by atoms with Crippen molar-refractivity contribution in [1.29, 1.82) is 0 Å². The van der Waals surface area contributed by atoms with Gasteiger partial charge in [-0.25, -0.2) is 0 Å². The quantitative estimate of drug-likeness (QED) is 0.599. The Morgan fingerprint density at radius 2 is 2.09 bits per heavy atom. The molecular weight excluding hydrogens is 159 g/mol. The maximum atomic E-state index is 11.8. The summed E-state index contributed by atoms with van der Waals surface area (Å²) in [4.78, 5) is 0. The van der Waals surface area contributed by atoms with Gasteiger partial charge in [0.1, 0.15) is 0 Å². The Hall–Kier alpha value is -0.290. The van der Waals surface area contributed by atoms with Crippen LogP contribution in [0.1, 0.15) is 6.42 Å². The fourth-order valence-electron chi connectivity index (χ4n) is 1.21. The molecule has 1 aliphatic heterocycles. The maximum absolute atomic E-state index is 11.8. The third kappa shape index (κ3) is 2.07. The lowest BCUT2D eigenvalue weighted by Crippen LogP contribution is -2.36. The molecule has 5 heteroatoms. The predicted molar refractivity (Wildman–Crippen MR) is 33.0 cm³/mol. The van der Waals surface area contributed by atoms with Crippen LogP contribution in [0.2, 0.25) is 0 Å². The molecule has 1 saturated heterocycles. The molecule has 0 radical (unpaired) electrons. The first-order valence-corrected chi connectivity index (χ1v) is 3.47. The zero-order valence-corrected chi connectivity index (χ0v) is 5.86. The van der Waals surface area contributed by atoms with Crippen molar-refractivity contribution < 1.29 is 18.3 Å². The second-order valence-electron chi connectivity index (χ2n) is 2.74. The van der Waals surface area contributed by atoms with Crippen LogP contribution in [0.3, 0.4) is 0 Å². The second-order valence-corrected chi connectivity index (χ2v) is 2.74. The molecule has 0 bridgehead atoms. The van der Waals surface area contributed by atoms with Gasteiger partial charge in [-0.15, -0.1) is 0 Å². The smallest absolute Gasteiger partial charge is 0.383 e. The maximum Gasteiger partial charge on any atom is 0.414 e. The molecule has 2 N–H and O–H groups in total. The molecule has 1 heterocycles. The second kappa shape index (κ2) is 2.98. The van der Waals surface area contributed by atoms with Crippen molar-refractivity contribution in [1.82, 2.24) is 5.32 Å². The van der Waals surface area contributed by atoms with E-state index < -0.39 is 18.2 Å². The van der Waals surface area contributed by atoms with Crippen LogP contribution in [0.25, 0.3) is 0 Å². The van der Waals surface area contributed by atoms with Gasteiger partial charge in [0.2, 0.25) is 0 Å². The van der Waals surface area contributed by atoms with Crippen molar-refractivity contribution in [2.75, 3.05) is 13.1 Å². The Bertz CT molecular complexity index is 130. The van der Waals surface area contributed by atoms with Crippen molar-refractivity contribution >= 4 is 0 Å². The highest BCUT2D eigenvalue weighted by atomic mass is 19.4. The van der Waals surface area contributed by atoms with E-state index >= 15 is 0 Å². The first-order chi connectivity index (χ1) is 5.02. The zero-order valence-electron chi connectivity index (χ0n) is 5.86. The standard InChI is InChI=1S/C6H10F3NO/c7-6(8,9)5(11)4-1-2-10-3-4/h4-5,10-11H,1-3H2. The molecular formula is C6H10F3NO. The lowest BCUT2D eigenvalue weighted by atomic mass is 10.0. The first-order valence-electron chi connectivity index (χ1n) is 3.47. The van der Waals surface area contributed by atoms with Gasteiger partial charge in [-0.2, -0.15) is 13.2 Å². The third-order valence-corrected chi connectivity index (χ3v) is 1.88. The number of hydrogen-bond donors (Lipinski definition) is 2. The van der Waals surface area contributed by atoms with Gasteiger partial charge >= 0.3 is 6.18 Å². The highest BCUT2D eigenvalue weighted by molar-refractivity contribution is 4.81. The van der Waals surface area contributed by atoms with Gasteiger partial charge in [0.05, 0.1) is 0 Å². The number of aliphatic hydroxyl groups excluding tert-OH is 1. The monoisotopic (exact) mass is 169 g/mol. The highest BCUT2D eigenvalue weighted by Gasteiger charge is 2.43. The van der Waals surface area contributed by atoms with Crippen LogP contribution in [-0.2, 0) is 0 Å². The van der Waals surface area contributed by atoms with Crippen molar-refractivity contribution in [3.8, 4) is 0 Å². The Kier molecular flexibility index (Phi) is 2.39. The molecule has 2 unspecified atom stereocenters. The normalized spacial score (nSPS) is 28.9. The van der Waals surface area contributed by atoms with E-state index in [1.807, 2.05) is 0 Å². The molecule has 66 valence electrons. The van der Waals surface area contributed by atoms with Crippen LogP contribution in [0.5, 0.6) is 0 Å². The van der Waals surface area contributed by atoms with E-state index in [4.69, 9.17) is 5.11 Å². The van der Waals surface area contributed by atoms with Gasteiger partial charge < -0.3 is 10.4 Å². The van der Waals surface area contributed by atoms with E-state index in [1.54, 1.807) is 0 Å². The summed E-state index contributed by atoms with van der Waals surface area (Å²) in [6.45, 7) is 0.832. The molecule has 1 fully saturated rings. The molecule has 0 aromatic rings.